The van der Waals surface area contributed by atoms with E-state index in [9.17, 15) is 4.79 Å². The van der Waals surface area contributed by atoms with E-state index in [2.05, 4.69) is 0 Å². The van der Waals surface area contributed by atoms with E-state index >= 15 is 0 Å². The molecule has 0 spiro atoms. The minimum atomic E-state index is -0.891. The van der Waals surface area contributed by atoms with Crippen molar-refractivity contribution >= 4 is 28.5 Å². The second-order valence-electron chi connectivity index (χ2n) is 3.41. The number of fused-ring (bicyclic) bond motifs is 1. The van der Waals surface area contributed by atoms with Crippen molar-refractivity contribution < 1.29 is 9.90 Å². The van der Waals surface area contributed by atoms with Gasteiger partial charge in [0.25, 0.3) is 0 Å². The van der Waals surface area contributed by atoms with Crippen molar-refractivity contribution in [2.24, 2.45) is 0 Å². The fourth-order valence-corrected chi connectivity index (χ4v) is 2.00. The van der Waals surface area contributed by atoms with E-state index in [1.54, 1.807) is 17.6 Å². The molecule has 0 unspecified atom stereocenters. The van der Waals surface area contributed by atoms with Crippen LogP contribution in [0.15, 0.2) is 30.3 Å². The Bertz CT molecular complexity index is 518. The summed E-state index contributed by atoms with van der Waals surface area (Å²) in [6.07, 6.45) is 0. The Kier molecular flexibility index (Phi) is 2.40. The fourth-order valence-electron chi connectivity index (χ4n) is 1.65. The summed E-state index contributed by atoms with van der Waals surface area (Å²) in [6, 6.07) is 8.65. The van der Waals surface area contributed by atoms with Crippen LogP contribution in [-0.2, 0) is 4.79 Å². The zero-order valence-electron chi connectivity index (χ0n) is 8.14. The lowest BCUT2D eigenvalue weighted by Gasteiger charge is -2.11. The normalized spacial score (nSPS) is 12.9. The Morgan fingerprint density at radius 3 is 2.80 bits per heavy atom. The topological polar surface area (TPSA) is 42.2 Å². The number of nitrogens with zero attached hydrogens (tertiary/aromatic N) is 1. The van der Waals surface area contributed by atoms with E-state index < -0.39 is 12.0 Å². The molecule has 0 amide bonds. The molecular formula is C11H10ClNO2. The fraction of sp³-hybridized carbons (Fsp3) is 0.182. The standard InChI is InChI=1S/C11H10ClNO2/c1-7(11(14)15)13-9-5-3-2-4-8(9)6-10(13)12/h2-7H,1H3,(H,14,15)/t7-/m0/s1. The zero-order valence-corrected chi connectivity index (χ0v) is 8.90. The summed E-state index contributed by atoms with van der Waals surface area (Å²) < 4.78 is 1.61. The number of benzene rings is 1. The molecule has 0 saturated heterocycles. The zero-order chi connectivity index (χ0) is 11.0. The van der Waals surface area contributed by atoms with Gasteiger partial charge in [0.1, 0.15) is 11.2 Å². The molecule has 0 aliphatic rings. The Morgan fingerprint density at radius 2 is 2.13 bits per heavy atom. The second-order valence-corrected chi connectivity index (χ2v) is 3.80. The molecule has 1 aromatic heterocycles. The molecular weight excluding hydrogens is 214 g/mol. The number of aliphatic carboxylic acids is 1. The molecule has 0 radical (unpaired) electrons. The molecule has 1 N–H and O–H groups in total. The largest absolute Gasteiger partial charge is 0.480 e. The predicted molar refractivity (Wildman–Crippen MR) is 59.3 cm³/mol. The minimum Gasteiger partial charge on any atom is -0.480 e. The van der Waals surface area contributed by atoms with Gasteiger partial charge in [-0.3, -0.25) is 0 Å². The quantitative estimate of drug-likeness (QED) is 0.851. The lowest BCUT2D eigenvalue weighted by Crippen LogP contribution is -2.15. The van der Waals surface area contributed by atoms with E-state index in [1.165, 1.54) is 0 Å². The maximum absolute atomic E-state index is 10.9. The van der Waals surface area contributed by atoms with Gasteiger partial charge in [-0.1, -0.05) is 29.8 Å². The molecule has 15 heavy (non-hydrogen) atoms. The van der Waals surface area contributed by atoms with E-state index in [1.807, 2.05) is 24.3 Å². The van der Waals surface area contributed by atoms with Crippen LogP contribution in [0.2, 0.25) is 5.15 Å². The lowest BCUT2D eigenvalue weighted by molar-refractivity contribution is -0.140. The molecule has 1 aromatic carbocycles. The van der Waals surface area contributed by atoms with Gasteiger partial charge in [0.15, 0.2) is 0 Å². The minimum absolute atomic E-state index is 0.450. The smallest absolute Gasteiger partial charge is 0.326 e. The van der Waals surface area contributed by atoms with Gasteiger partial charge in [-0.25, -0.2) is 4.79 Å². The number of carboxylic acids is 1. The molecule has 2 aromatic rings. The second kappa shape index (κ2) is 3.59. The van der Waals surface area contributed by atoms with E-state index in [-0.39, 0.29) is 0 Å². The number of para-hydroxylation sites is 1. The summed E-state index contributed by atoms with van der Waals surface area (Å²) >= 11 is 6.01. The molecule has 0 bridgehead atoms. The third kappa shape index (κ3) is 1.59. The van der Waals surface area contributed by atoms with Gasteiger partial charge in [0.05, 0.1) is 5.52 Å². The van der Waals surface area contributed by atoms with Crippen LogP contribution in [0.25, 0.3) is 10.9 Å². The van der Waals surface area contributed by atoms with Crippen molar-refractivity contribution in [3.63, 3.8) is 0 Å². The van der Waals surface area contributed by atoms with Gasteiger partial charge in [-0.15, -0.1) is 0 Å². The number of carboxylic acid groups (broad SMARTS) is 1. The van der Waals surface area contributed by atoms with Gasteiger partial charge in [-0.05, 0) is 19.1 Å². The van der Waals surface area contributed by atoms with Gasteiger partial charge >= 0.3 is 5.97 Å². The summed E-state index contributed by atoms with van der Waals surface area (Å²) in [5.74, 6) is -0.891. The predicted octanol–water partition coefficient (Wildman–Crippen LogP) is 2.94. The summed E-state index contributed by atoms with van der Waals surface area (Å²) in [5, 5.41) is 10.4. The monoisotopic (exact) mass is 223 g/mol. The Morgan fingerprint density at radius 1 is 1.47 bits per heavy atom. The van der Waals surface area contributed by atoms with E-state index in [4.69, 9.17) is 16.7 Å². The van der Waals surface area contributed by atoms with Crippen LogP contribution in [0, 0.1) is 0 Å². The molecule has 1 heterocycles. The first-order valence-corrected chi connectivity index (χ1v) is 4.97. The van der Waals surface area contributed by atoms with Gasteiger partial charge in [0, 0.05) is 5.39 Å². The molecule has 0 aliphatic carbocycles. The molecule has 4 heteroatoms. The first kappa shape index (κ1) is 10.1. The number of hydrogen-bond acceptors (Lipinski definition) is 1. The molecule has 0 saturated carbocycles. The van der Waals surface area contributed by atoms with Crippen LogP contribution < -0.4 is 0 Å². The van der Waals surface area contributed by atoms with Crippen LogP contribution in [0.1, 0.15) is 13.0 Å². The number of carbonyl (C=O) groups is 1. The van der Waals surface area contributed by atoms with Crippen LogP contribution in [0.4, 0.5) is 0 Å². The van der Waals surface area contributed by atoms with E-state index in [0.717, 1.165) is 10.9 Å². The van der Waals surface area contributed by atoms with Crippen molar-refractivity contribution in [1.82, 2.24) is 4.57 Å². The molecule has 0 fully saturated rings. The van der Waals surface area contributed by atoms with E-state index in [0.29, 0.717) is 5.15 Å². The van der Waals surface area contributed by atoms with Crippen LogP contribution >= 0.6 is 11.6 Å². The molecule has 0 aliphatic heterocycles. The summed E-state index contributed by atoms with van der Waals surface area (Å²) in [5.41, 5.74) is 0.845. The van der Waals surface area contributed by atoms with Gasteiger partial charge in [-0.2, -0.15) is 0 Å². The van der Waals surface area contributed by atoms with Gasteiger partial charge < -0.3 is 9.67 Å². The highest BCUT2D eigenvalue weighted by atomic mass is 35.5. The summed E-state index contributed by atoms with van der Waals surface area (Å²) in [7, 11) is 0. The number of aromatic nitrogens is 1. The summed E-state index contributed by atoms with van der Waals surface area (Å²) in [6.45, 7) is 1.61. The molecule has 2 rings (SSSR count). The van der Waals surface area contributed by atoms with Crippen molar-refractivity contribution in [3.05, 3.63) is 35.5 Å². The third-order valence-electron chi connectivity index (χ3n) is 2.45. The highest BCUT2D eigenvalue weighted by molar-refractivity contribution is 6.31. The average Bonchev–Trinajstić information content (AvgIpc) is 2.52. The Hall–Kier alpha value is -1.48. The molecule has 1 atom stereocenters. The maximum Gasteiger partial charge on any atom is 0.326 e. The van der Waals surface area contributed by atoms with Crippen molar-refractivity contribution in [1.29, 1.82) is 0 Å². The molecule has 3 nitrogen and oxygen atoms in total. The number of hydrogen-bond donors (Lipinski definition) is 1. The first-order valence-electron chi connectivity index (χ1n) is 4.59. The molecule has 78 valence electrons. The average molecular weight is 224 g/mol. The van der Waals surface area contributed by atoms with Crippen LogP contribution in [0.3, 0.4) is 0 Å². The Labute approximate surface area is 91.9 Å². The Balaban J connectivity index is 2.68. The van der Waals surface area contributed by atoms with Crippen molar-refractivity contribution in [3.8, 4) is 0 Å². The van der Waals surface area contributed by atoms with Crippen LogP contribution in [-0.4, -0.2) is 15.6 Å². The summed E-state index contributed by atoms with van der Waals surface area (Å²) in [4.78, 5) is 10.9. The van der Waals surface area contributed by atoms with Gasteiger partial charge in [0.2, 0.25) is 0 Å². The lowest BCUT2D eigenvalue weighted by atomic mass is 10.2. The first-order chi connectivity index (χ1) is 7.11. The third-order valence-corrected chi connectivity index (χ3v) is 2.74. The highest BCUT2D eigenvalue weighted by Gasteiger charge is 2.18. The van der Waals surface area contributed by atoms with Crippen LogP contribution in [0.5, 0.6) is 0 Å². The number of rotatable bonds is 2. The number of halogens is 1. The van der Waals surface area contributed by atoms with Crippen molar-refractivity contribution in [2.45, 2.75) is 13.0 Å². The highest BCUT2D eigenvalue weighted by Crippen LogP contribution is 2.27. The SMILES string of the molecule is C[C@@H](C(=O)O)n1c(Cl)cc2ccccc21. The maximum atomic E-state index is 10.9. The van der Waals surface area contributed by atoms with Crippen molar-refractivity contribution in [2.75, 3.05) is 0 Å².